The number of hydrogen-bond donors (Lipinski definition) is 0. The Balaban J connectivity index is 1.62. The molecule has 29 heavy (non-hydrogen) atoms. The fraction of sp³-hybridized carbons (Fsp3) is 1.00. The predicted molar refractivity (Wildman–Crippen MR) is 130 cm³/mol. The third-order valence-corrected chi connectivity index (χ3v) is 14.6. The second-order valence-corrected chi connectivity index (χ2v) is 21.3. The highest BCUT2D eigenvalue weighted by Crippen LogP contribution is 2.40. The fourth-order valence-corrected chi connectivity index (χ4v) is 13.9. The van der Waals surface area contributed by atoms with Gasteiger partial charge in [0.15, 0.2) is 16.6 Å². The molecule has 4 unspecified atom stereocenters. The fourth-order valence-electron chi connectivity index (χ4n) is 4.68. The van der Waals surface area contributed by atoms with Crippen molar-refractivity contribution in [2.24, 2.45) is 11.8 Å². The molecule has 0 bridgehead atoms. The van der Waals surface area contributed by atoms with E-state index in [0.29, 0.717) is 12.2 Å². The molecule has 0 aromatic heterocycles. The molecule has 2 heterocycles. The zero-order chi connectivity index (χ0) is 22.1. The predicted octanol–water partition coefficient (Wildman–Crippen LogP) is 7.38. The van der Waals surface area contributed by atoms with Crippen LogP contribution < -0.4 is 0 Å². The molecule has 0 N–H and O–H groups in total. The van der Waals surface area contributed by atoms with E-state index in [1.54, 1.807) is 0 Å². The van der Waals surface area contributed by atoms with Crippen LogP contribution in [0.3, 0.4) is 0 Å². The molecule has 2 aliphatic heterocycles. The monoisotopic (exact) mass is 442 g/mol. The second kappa shape index (κ2) is 9.44. The van der Waals surface area contributed by atoms with Gasteiger partial charge in [-0.3, -0.25) is 0 Å². The quantitative estimate of drug-likeness (QED) is 0.208. The Morgan fingerprint density at radius 1 is 0.690 bits per heavy atom. The molecule has 2 saturated heterocycles. The maximum absolute atomic E-state index is 6.90. The van der Waals surface area contributed by atoms with Crippen LogP contribution in [-0.4, -0.2) is 40.0 Å². The molecule has 0 aromatic rings. The van der Waals surface area contributed by atoms with E-state index >= 15 is 0 Å². The van der Waals surface area contributed by atoms with Crippen LogP contribution in [0, 0.1) is 11.8 Å². The summed E-state index contributed by atoms with van der Waals surface area (Å²) < 4.78 is 18.4. The highest BCUT2D eigenvalue weighted by atomic mass is 28.4. The van der Waals surface area contributed by atoms with Crippen LogP contribution in [0.4, 0.5) is 0 Å². The average molecular weight is 443 g/mol. The van der Waals surface area contributed by atoms with Crippen LogP contribution in [0.25, 0.3) is 0 Å². The number of rotatable bonds is 14. The number of epoxide rings is 2. The number of ether oxygens (including phenoxy) is 2. The van der Waals surface area contributed by atoms with Crippen molar-refractivity contribution >= 4 is 16.6 Å². The molecular formula is C24H50O3Si2. The molecule has 4 atom stereocenters. The highest BCUT2D eigenvalue weighted by molar-refractivity contribution is 6.84. The Hall–Kier alpha value is 0.314. The van der Waals surface area contributed by atoms with E-state index in [-0.39, 0.29) is 11.2 Å². The Bertz CT molecular complexity index is 484. The third-order valence-electron chi connectivity index (χ3n) is 7.20. The van der Waals surface area contributed by atoms with Gasteiger partial charge in [-0.05, 0) is 103 Å². The second-order valence-electron chi connectivity index (χ2n) is 12.5. The zero-order valence-electron chi connectivity index (χ0n) is 21.2. The van der Waals surface area contributed by atoms with Crippen LogP contribution in [-0.2, 0) is 13.6 Å². The molecular weight excluding hydrogens is 392 g/mol. The van der Waals surface area contributed by atoms with Gasteiger partial charge in [0.25, 0.3) is 0 Å². The third kappa shape index (κ3) is 9.14. The van der Waals surface area contributed by atoms with E-state index in [4.69, 9.17) is 13.6 Å². The molecule has 5 heteroatoms. The summed E-state index contributed by atoms with van der Waals surface area (Å²) in [5.41, 5.74) is 0.289. The van der Waals surface area contributed by atoms with Gasteiger partial charge in [-0.2, -0.15) is 0 Å². The summed E-state index contributed by atoms with van der Waals surface area (Å²) in [6.07, 6.45) is 8.64. The standard InChI is InChI=1S/C24H50O3Si2/c1-19(11-13-21-23(3,4)25-21)15-17-28(7,8)27-29(9,10)18-16-20(2)12-14-22-24(5,6)26-22/h19-22H,11-18H2,1-10H3. The van der Waals surface area contributed by atoms with Gasteiger partial charge >= 0.3 is 0 Å². The summed E-state index contributed by atoms with van der Waals surface area (Å²) in [7, 11) is -3.15. The van der Waals surface area contributed by atoms with E-state index in [0.717, 1.165) is 11.8 Å². The zero-order valence-corrected chi connectivity index (χ0v) is 23.2. The van der Waals surface area contributed by atoms with Crippen molar-refractivity contribution in [2.75, 3.05) is 0 Å². The Morgan fingerprint density at radius 2 is 1.00 bits per heavy atom. The van der Waals surface area contributed by atoms with E-state index in [1.165, 1.54) is 50.6 Å². The molecule has 0 aliphatic carbocycles. The topological polar surface area (TPSA) is 34.3 Å². The largest absolute Gasteiger partial charge is 0.455 e. The van der Waals surface area contributed by atoms with Crippen molar-refractivity contribution in [2.45, 2.75) is 142 Å². The first-order valence-corrected chi connectivity index (χ1v) is 18.4. The normalized spacial score (nSPS) is 27.5. The molecule has 0 aromatic carbocycles. The van der Waals surface area contributed by atoms with Gasteiger partial charge in [0.05, 0.1) is 23.4 Å². The van der Waals surface area contributed by atoms with Gasteiger partial charge in [0.1, 0.15) is 0 Å². The van der Waals surface area contributed by atoms with Crippen LogP contribution in [0.2, 0.25) is 38.3 Å². The first kappa shape index (κ1) is 25.6. The lowest BCUT2D eigenvalue weighted by Crippen LogP contribution is -2.44. The van der Waals surface area contributed by atoms with Gasteiger partial charge in [0.2, 0.25) is 0 Å². The first-order chi connectivity index (χ1) is 13.1. The van der Waals surface area contributed by atoms with Crippen LogP contribution in [0.5, 0.6) is 0 Å². The molecule has 2 fully saturated rings. The minimum absolute atomic E-state index is 0.144. The molecule has 0 spiro atoms. The maximum atomic E-state index is 6.90. The van der Waals surface area contributed by atoms with Crippen molar-refractivity contribution in [3.05, 3.63) is 0 Å². The lowest BCUT2D eigenvalue weighted by atomic mass is 9.98. The average Bonchev–Trinajstić information content (AvgIpc) is 3.39. The van der Waals surface area contributed by atoms with E-state index < -0.39 is 16.6 Å². The minimum atomic E-state index is -1.58. The van der Waals surface area contributed by atoms with Gasteiger partial charge < -0.3 is 13.6 Å². The summed E-state index contributed by atoms with van der Waals surface area (Å²) in [6.45, 7) is 23.4. The smallest absolute Gasteiger partial charge is 0.173 e. The van der Waals surface area contributed by atoms with Crippen LogP contribution in [0.15, 0.2) is 0 Å². The summed E-state index contributed by atoms with van der Waals surface area (Å²) in [5, 5.41) is 0. The van der Waals surface area contributed by atoms with Crippen molar-refractivity contribution < 1.29 is 13.6 Å². The number of hydrogen-bond acceptors (Lipinski definition) is 3. The molecule has 2 aliphatic rings. The molecule has 0 radical (unpaired) electrons. The lowest BCUT2D eigenvalue weighted by Gasteiger charge is -2.35. The van der Waals surface area contributed by atoms with Crippen molar-refractivity contribution in [1.29, 1.82) is 0 Å². The SMILES string of the molecule is CC(CCC1OC1(C)C)CC[Si](C)(C)O[Si](C)(C)CCC(C)CCC1OC1(C)C. The Morgan fingerprint density at radius 3 is 1.28 bits per heavy atom. The first-order valence-electron chi connectivity index (χ1n) is 12.2. The van der Waals surface area contributed by atoms with Crippen molar-refractivity contribution in [3.63, 3.8) is 0 Å². The molecule has 0 saturated carbocycles. The Kier molecular flexibility index (Phi) is 8.32. The summed E-state index contributed by atoms with van der Waals surface area (Å²) in [5.74, 6) is 1.56. The molecule has 0 amide bonds. The minimum Gasteiger partial charge on any atom is -0.455 e. The molecule has 3 nitrogen and oxygen atoms in total. The van der Waals surface area contributed by atoms with E-state index in [2.05, 4.69) is 67.7 Å². The van der Waals surface area contributed by atoms with E-state index in [9.17, 15) is 0 Å². The lowest BCUT2D eigenvalue weighted by molar-refractivity contribution is 0.313. The summed E-state index contributed by atoms with van der Waals surface area (Å²) >= 11 is 0. The Labute approximate surface area is 183 Å². The summed E-state index contributed by atoms with van der Waals surface area (Å²) in [6, 6.07) is 2.59. The van der Waals surface area contributed by atoms with Gasteiger partial charge in [0, 0.05) is 0 Å². The van der Waals surface area contributed by atoms with Crippen LogP contribution in [0.1, 0.15) is 80.1 Å². The molecule has 2 rings (SSSR count). The van der Waals surface area contributed by atoms with Gasteiger partial charge in [-0.1, -0.05) is 26.7 Å². The maximum Gasteiger partial charge on any atom is 0.173 e. The highest BCUT2D eigenvalue weighted by Gasteiger charge is 2.47. The van der Waals surface area contributed by atoms with E-state index in [1.807, 2.05) is 0 Å². The van der Waals surface area contributed by atoms with Gasteiger partial charge in [-0.25, -0.2) is 0 Å². The molecule has 172 valence electrons. The van der Waals surface area contributed by atoms with Gasteiger partial charge in [-0.15, -0.1) is 0 Å². The van der Waals surface area contributed by atoms with Crippen molar-refractivity contribution in [3.8, 4) is 0 Å². The van der Waals surface area contributed by atoms with Crippen LogP contribution >= 0.6 is 0 Å². The van der Waals surface area contributed by atoms with Crippen molar-refractivity contribution in [1.82, 2.24) is 0 Å². The summed E-state index contributed by atoms with van der Waals surface area (Å²) in [4.78, 5) is 0.